The van der Waals surface area contributed by atoms with Crippen molar-refractivity contribution in [1.29, 1.82) is 0 Å². The number of alkyl carbamates (subject to hydrolysis) is 1. The molecule has 1 aliphatic rings. The number of nitrogens with one attached hydrogen (secondary N) is 1. The van der Waals surface area contributed by atoms with Gasteiger partial charge in [0.05, 0.1) is 12.5 Å². The first kappa shape index (κ1) is 37.7. The minimum Gasteiger partial charge on any atom is -0.447 e. The van der Waals surface area contributed by atoms with Crippen molar-refractivity contribution in [3.63, 3.8) is 0 Å². The van der Waals surface area contributed by atoms with Gasteiger partial charge in [-0.25, -0.2) is 4.79 Å². The number of thioether (sulfide) groups is 1. The summed E-state index contributed by atoms with van der Waals surface area (Å²) < 4.78 is 21.7. The van der Waals surface area contributed by atoms with Crippen LogP contribution in [0.4, 0.5) is 4.79 Å². The van der Waals surface area contributed by atoms with Gasteiger partial charge in [-0.1, -0.05) is 103 Å². The third-order valence-electron chi connectivity index (χ3n) is 7.78. The highest BCUT2D eigenvalue weighted by Crippen LogP contribution is 2.36. The van der Waals surface area contributed by atoms with Crippen LogP contribution in [0.3, 0.4) is 0 Å². The van der Waals surface area contributed by atoms with Gasteiger partial charge in [-0.3, -0.25) is 4.52 Å². The summed E-state index contributed by atoms with van der Waals surface area (Å²) in [5.74, 6) is 1.49. The molecule has 2 atom stereocenters. The lowest BCUT2D eigenvalue weighted by atomic mass is 10.0. The molecule has 0 fully saturated rings. The van der Waals surface area contributed by atoms with Crippen LogP contribution in [0.1, 0.15) is 116 Å². The predicted octanol–water partition coefficient (Wildman–Crippen LogP) is 9.28. The van der Waals surface area contributed by atoms with Crippen LogP contribution in [0.5, 0.6) is 5.75 Å². The maximum Gasteiger partial charge on any atom is 0.407 e. The van der Waals surface area contributed by atoms with Gasteiger partial charge in [0.1, 0.15) is 18.5 Å². The van der Waals surface area contributed by atoms with Crippen LogP contribution in [-0.4, -0.2) is 54.7 Å². The Hall–Kier alpha value is -1.51. The quantitative estimate of drug-likeness (QED) is 0.0808. The van der Waals surface area contributed by atoms with Gasteiger partial charge >= 0.3 is 14.7 Å². The lowest BCUT2D eigenvalue weighted by Crippen LogP contribution is -2.31. The average molecular weight is 641 g/mol. The Balaban J connectivity index is 1.47. The number of methoxy groups -OCH3 is 1. The smallest absolute Gasteiger partial charge is 0.407 e. The Labute approximate surface area is 266 Å². The van der Waals surface area contributed by atoms with Crippen LogP contribution >= 0.6 is 20.4 Å². The SMILES string of the molecule is CCCCCCCCCCCCCCCCNC(=O)OCC(COP(O)Oc1cccc(CN2CSC(C)=C2C)c1)OC. The molecule has 0 saturated heterocycles. The molecule has 10 heteroatoms. The number of benzene rings is 1. The summed E-state index contributed by atoms with van der Waals surface area (Å²) in [5, 5.41) is 2.80. The lowest BCUT2D eigenvalue weighted by Gasteiger charge is -2.20. The molecule has 1 aromatic rings. The van der Waals surface area contributed by atoms with Gasteiger partial charge < -0.3 is 29.1 Å². The normalized spacial score (nSPS) is 14.7. The van der Waals surface area contributed by atoms with E-state index in [-0.39, 0.29) is 13.2 Å². The molecule has 0 spiro atoms. The summed E-state index contributed by atoms with van der Waals surface area (Å²) in [7, 11) is -0.637. The number of hydrogen-bond acceptors (Lipinski definition) is 8. The van der Waals surface area contributed by atoms with E-state index in [9.17, 15) is 9.69 Å². The lowest BCUT2D eigenvalue weighted by molar-refractivity contribution is 0.00598. The van der Waals surface area contributed by atoms with Crippen LogP contribution < -0.4 is 9.84 Å². The van der Waals surface area contributed by atoms with Gasteiger partial charge in [-0.15, -0.1) is 11.8 Å². The van der Waals surface area contributed by atoms with Gasteiger partial charge in [0, 0.05) is 30.8 Å². The van der Waals surface area contributed by atoms with Gasteiger partial charge in [0.2, 0.25) is 0 Å². The third kappa shape index (κ3) is 17.5. The van der Waals surface area contributed by atoms with E-state index in [1.54, 1.807) is 6.07 Å². The number of ether oxygens (including phenoxy) is 2. The molecular weight excluding hydrogens is 583 g/mol. The van der Waals surface area contributed by atoms with Crippen molar-refractivity contribution in [2.75, 3.05) is 32.7 Å². The van der Waals surface area contributed by atoms with E-state index in [1.807, 2.05) is 30.0 Å². The second-order valence-corrected chi connectivity index (χ2v) is 13.4. The van der Waals surface area contributed by atoms with Crippen molar-refractivity contribution >= 4 is 26.5 Å². The summed E-state index contributed by atoms with van der Waals surface area (Å²) in [4.78, 5) is 26.0. The second-order valence-electron chi connectivity index (χ2n) is 11.4. The molecule has 0 aromatic heterocycles. The topological polar surface area (TPSA) is 89.5 Å². The summed E-state index contributed by atoms with van der Waals surface area (Å²) in [5.41, 5.74) is 2.39. The van der Waals surface area contributed by atoms with Crippen LogP contribution in [0.15, 0.2) is 34.9 Å². The van der Waals surface area contributed by atoms with Crippen molar-refractivity contribution in [2.24, 2.45) is 0 Å². The highest BCUT2D eigenvalue weighted by molar-refractivity contribution is 8.03. The Morgan fingerprint density at radius 2 is 1.60 bits per heavy atom. The van der Waals surface area contributed by atoms with Crippen LogP contribution in [-0.2, 0) is 20.5 Å². The zero-order chi connectivity index (χ0) is 31.1. The standard InChI is InChI=1S/C33H57N2O6PS/c1-5-6-7-8-9-10-11-12-13-14-15-16-17-18-22-34-33(36)39-25-32(38-4)26-40-42(37)41-31-21-19-20-30(23-31)24-35-27-43-29(3)28(35)2/h19-21,23,32,37H,5-18,22,24-27H2,1-4H3,(H,34,36). The van der Waals surface area contributed by atoms with Crippen LogP contribution in [0.2, 0.25) is 0 Å². The molecule has 2 unspecified atom stereocenters. The van der Waals surface area contributed by atoms with Gasteiger partial charge in [0.15, 0.2) is 0 Å². The number of carbonyl (C=O) groups excluding carboxylic acids is 1. The zero-order valence-corrected chi connectivity index (χ0v) is 28.8. The fourth-order valence-corrected chi connectivity index (χ4v) is 6.47. The van der Waals surface area contributed by atoms with E-state index < -0.39 is 20.8 Å². The van der Waals surface area contributed by atoms with Crippen LogP contribution in [0.25, 0.3) is 0 Å². The Bertz CT molecular complexity index is 921. The van der Waals surface area contributed by atoms with Crippen molar-refractivity contribution in [3.05, 3.63) is 40.4 Å². The third-order valence-corrected chi connectivity index (χ3v) is 9.69. The van der Waals surface area contributed by atoms with Crippen molar-refractivity contribution in [3.8, 4) is 5.75 Å². The van der Waals surface area contributed by atoms with E-state index in [4.69, 9.17) is 18.5 Å². The Morgan fingerprint density at radius 1 is 0.977 bits per heavy atom. The Kier molecular flexibility index (Phi) is 20.9. The van der Waals surface area contributed by atoms with Gasteiger partial charge in [-0.2, -0.15) is 0 Å². The first-order valence-electron chi connectivity index (χ1n) is 16.3. The fourth-order valence-electron chi connectivity index (χ4n) is 4.86. The summed E-state index contributed by atoms with van der Waals surface area (Å²) in [6, 6.07) is 7.66. The van der Waals surface area contributed by atoms with Crippen LogP contribution in [0, 0.1) is 0 Å². The molecule has 2 rings (SSSR count). The highest BCUT2D eigenvalue weighted by Gasteiger charge is 2.19. The number of amides is 1. The van der Waals surface area contributed by atoms with E-state index in [0.717, 1.165) is 30.8 Å². The monoisotopic (exact) mass is 640 g/mol. The highest BCUT2D eigenvalue weighted by atomic mass is 32.2. The van der Waals surface area contributed by atoms with E-state index >= 15 is 0 Å². The molecule has 1 amide bonds. The molecule has 0 aliphatic carbocycles. The molecule has 1 aromatic carbocycles. The minimum atomic E-state index is -2.15. The molecule has 0 saturated carbocycles. The molecule has 0 radical (unpaired) electrons. The Morgan fingerprint density at radius 3 is 2.19 bits per heavy atom. The second kappa shape index (κ2) is 23.8. The first-order chi connectivity index (χ1) is 20.9. The maximum absolute atomic E-state index is 12.1. The number of nitrogens with zero attached hydrogens (tertiary/aromatic N) is 1. The maximum atomic E-state index is 12.1. The predicted molar refractivity (Wildman–Crippen MR) is 179 cm³/mol. The fraction of sp³-hybridized carbons (Fsp3) is 0.727. The van der Waals surface area contributed by atoms with E-state index in [0.29, 0.717) is 12.3 Å². The zero-order valence-electron chi connectivity index (χ0n) is 27.1. The largest absolute Gasteiger partial charge is 0.447 e. The van der Waals surface area contributed by atoms with E-state index in [1.165, 1.54) is 94.8 Å². The first-order valence-corrected chi connectivity index (χ1v) is 18.4. The summed E-state index contributed by atoms with van der Waals surface area (Å²) in [6.07, 6.45) is 17.3. The van der Waals surface area contributed by atoms with Crippen molar-refractivity contribution in [2.45, 2.75) is 123 Å². The average Bonchev–Trinajstić information content (AvgIpc) is 3.31. The number of carbonyl (C=O) groups is 1. The molecule has 8 nitrogen and oxygen atoms in total. The van der Waals surface area contributed by atoms with Gasteiger partial charge in [-0.05, 0) is 38.0 Å². The number of allylic oxidation sites excluding steroid dienone is 2. The van der Waals surface area contributed by atoms with Crippen molar-refractivity contribution < 1.29 is 28.2 Å². The van der Waals surface area contributed by atoms with E-state index in [2.05, 4.69) is 31.0 Å². The number of rotatable bonds is 25. The molecule has 1 aliphatic heterocycles. The molecular formula is C33H57N2O6PS. The molecule has 0 bridgehead atoms. The van der Waals surface area contributed by atoms with Gasteiger partial charge in [0.25, 0.3) is 0 Å². The number of hydrogen-bond donors (Lipinski definition) is 2. The number of unbranched alkanes of at least 4 members (excludes halogenated alkanes) is 13. The van der Waals surface area contributed by atoms with Crippen molar-refractivity contribution in [1.82, 2.24) is 10.2 Å². The minimum absolute atomic E-state index is 0.0276. The molecule has 43 heavy (non-hydrogen) atoms. The summed E-state index contributed by atoms with van der Waals surface area (Å²) in [6.45, 7) is 8.00. The summed E-state index contributed by atoms with van der Waals surface area (Å²) >= 11 is 1.85. The molecule has 246 valence electrons. The molecule has 2 N–H and O–H groups in total. The molecule has 1 heterocycles.